The van der Waals surface area contributed by atoms with E-state index in [1.807, 2.05) is 6.07 Å². The zero-order valence-corrected chi connectivity index (χ0v) is 18.4. The van der Waals surface area contributed by atoms with Gasteiger partial charge in [0.05, 0.1) is 23.8 Å². The molecule has 0 fully saturated rings. The third-order valence-electron chi connectivity index (χ3n) is 5.77. The van der Waals surface area contributed by atoms with Crippen molar-refractivity contribution in [1.29, 1.82) is 0 Å². The number of hydrogen-bond donors (Lipinski definition) is 2. The lowest BCUT2D eigenvalue weighted by molar-refractivity contribution is 0.604. The first-order valence-corrected chi connectivity index (χ1v) is 11.6. The highest BCUT2D eigenvalue weighted by Crippen LogP contribution is 2.42. The van der Waals surface area contributed by atoms with Crippen molar-refractivity contribution in [2.45, 2.75) is 13.0 Å². The molecule has 0 amide bonds. The number of fused-ring (bicyclic) bond motifs is 2. The minimum absolute atomic E-state index is 0.306. The number of rotatable bonds is 6. The normalized spacial score (nSPS) is 12.6. The maximum Gasteiger partial charge on any atom is 0.223 e. The average Bonchev–Trinajstić information content (AvgIpc) is 3.60. The molecule has 2 aromatic carbocycles. The largest absolute Gasteiger partial charge is 0.384 e. The van der Waals surface area contributed by atoms with Crippen molar-refractivity contribution in [2.75, 3.05) is 23.7 Å². The third kappa shape index (κ3) is 3.70. The smallest absolute Gasteiger partial charge is 0.223 e. The van der Waals surface area contributed by atoms with Crippen LogP contribution in [0.15, 0.2) is 61.1 Å². The lowest BCUT2D eigenvalue weighted by atomic mass is 9.97. The van der Waals surface area contributed by atoms with E-state index < -0.39 is 5.82 Å². The van der Waals surface area contributed by atoms with E-state index in [2.05, 4.69) is 67.3 Å². The number of benzene rings is 2. The van der Waals surface area contributed by atoms with E-state index in [4.69, 9.17) is 0 Å². The van der Waals surface area contributed by atoms with Crippen LogP contribution in [-0.4, -0.2) is 38.1 Å². The molecule has 1 aliphatic rings. The molecule has 6 rings (SSSR count). The summed E-state index contributed by atoms with van der Waals surface area (Å²) >= 11 is 1.56. The van der Waals surface area contributed by atoms with Gasteiger partial charge in [-0.25, -0.2) is 14.4 Å². The van der Waals surface area contributed by atoms with Gasteiger partial charge >= 0.3 is 0 Å². The van der Waals surface area contributed by atoms with E-state index >= 15 is 0 Å². The predicted octanol–water partition coefficient (Wildman–Crippen LogP) is 4.84. The van der Waals surface area contributed by atoms with Gasteiger partial charge in [0.2, 0.25) is 5.95 Å². The number of nitrogens with one attached hydrogen (secondary N) is 2. The van der Waals surface area contributed by atoms with E-state index in [0.717, 1.165) is 27.9 Å². The van der Waals surface area contributed by atoms with Gasteiger partial charge in [0, 0.05) is 29.7 Å². The molecule has 0 aliphatic carbocycles. The highest BCUT2D eigenvalue weighted by molar-refractivity contribution is 7.22. The van der Waals surface area contributed by atoms with Crippen molar-refractivity contribution in [2.24, 2.45) is 0 Å². The summed E-state index contributed by atoms with van der Waals surface area (Å²) in [5.74, 6) is -0.0501. The fraction of sp³-hybridized carbons (Fsp3) is 0.167. The lowest BCUT2D eigenvalue weighted by Crippen LogP contribution is -2.13. The summed E-state index contributed by atoms with van der Waals surface area (Å²) in [6.07, 6.45) is 5.64. The fourth-order valence-electron chi connectivity index (χ4n) is 4.25. The summed E-state index contributed by atoms with van der Waals surface area (Å²) in [6, 6.07) is 14.7. The van der Waals surface area contributed by atoms with Crippen LogP contribution in [0.5, 0.6) is 0 Å². The second-order valence-electron chi connectivity index (χ2n) is 7.83. The molecule has 33 heavy (non-hydrogen) atoms. The van der Waals surface area contributed by atoms with Crippen LogP contribution in [0.1, 0.15) is 5.56 Å². The van der Waals surface area contributed by atoms with Crippen molar-refractivity contribution in [1.82, 2.24) is 25.0 Å². The maximum absolute atomic E-state index is 14.8. The molecule has 0 atom stereocenters. The van der Waals surface area contributed by atoms with Crippen LogP contribution in [0.2, 0.25) is 0 Å². The van der Waals surface area contributed by atoms with Gasteiger partial charge in [0.15, 0.2) is 5.82 Å². The molecular formula is C24H20FN7S. The number of thiophene rings is 1. The number of hydrogen-bond acceptors (Lipinski definition) is 7. The van der Waals surface area contributed by atoms with Crippen LogP contribution in [0, 0.1) is 5.82 Å². The quantitative estimate of drug-likeness (QED) is 0.380. The summed E-state index contributed by atoms with van der Waals surface area (Å²) in [5, 5.41) is 15.4. The molecule has 5 aromatic rings. The third-order valence-corrected chi connectivity index (χ3v) is 6.97. The van der Waals surface area contributed by atoms with Crippen molar-refractivity contribution >= 4 is 33.1 Å². The van der Waals surface area contributed by atoms with Crippen molar-refractivity contribution < 1.29 is 4.39 Å². The number of nitrogens with zero attached hydrogens (tertiary/aromatic N) is 5. The van der Waals surface area contributed by atoms with E-state index in [9.17, 15) is 4.39 Å². The van der Waals surface area contributed by atoms with Gasteiger partial charge in [0.1, 0.15) is 5.69 Å². The molecule has 4 heterocycles. The van der Waals surface area contributed by atoms with Gasteiger partial charge in [-0.05, 0) is 40.6 Å². The minimum atomic E-state index is -0.435. The van der Waals surface area contributed by atoms with E-state index in [1.165, 1.54) is 28.6 Å². The minimum Gasteiger partial charge on any atom is -0.384 e. The first kappa shape index (κ1) is 19.8. The Morgan fingerprint density at radius 3 is 2.97 bits per heavy atom. The highest BCUT2D eigenvalue weighted by atomic mass is 32.1. The van der Waals surface area contributed by atoms with Gasteiger partial charge in [-0.3, -0.25) is 4.68 Å². The molecule has 3 aromatic heterocycles. The van der Waals surface area contributed by atoms with E-state index in [-0.39, 0.29) is 0 Å². The first-order valence-electron chi connectivity index (χ1n) is 10.8. The molecule has 0 bridgehead atoms. The van der Waals surface area contributed by atoms with Crippen molar-refractivity contribution in [3.8, 4) is 21.7 Å². The summed E-state index contributed by atoms with van der Waals surface area (Å²) in [6.45, 7) is 2.12. The van der Waals surface area contributed by atoms with Crippen LogP contribution >= 0.6 is 11.3 Å². The molecule has 0 saturated heterocycles. The molecule has 164 valence electrons. The Hall–Kier alpha value is -3.85. The van der Waals surface area contributed by atoms with Gasteiger partial charge in [0.25, 0.3) is 0 Å². The zero-order valence-electron chi connectivity index (χ0n) is 17.6. The fourth-order valence-corrected chi connectivity index (χ4v) is 5.43. The predicted molar refractivity (Wildman–Crippen MR) is 129 cm³/mol. The Kier molecular flexibility index (Phi) is 4.95. The lowest BCUT2D eigenvalue weighted by Gasteiger charge is -2.09. The Bertz CT molecular complexity index is 1450. The molecular weight excluding hydrogens is 437 g/mol. The van der Waals surface area contributed by atoms with Crippen LogP contribution in [-0.2, 0) is 13.0 Å². The Labute approximate surface area is 193 Å². The van der Waals surface area contributed by atoms with Crippen LogP contribution in [0.25, 0.3) is 31.8 Å². The second-order valence-corrected chi connectivity index (χ2v) is 8.88. The molecule has 7 nitrogen and oxygen atoms in total. The monoisotopic (exact) mass is 457 g/mol. The maximum atomic E-state index is 14.8. The van der Waals surface area contributed by atoms with Gasteiger partial charge in [-0.1, -0.05) is 35.5 Å². The summed E-state index contributed by atoms with van der Waals surface area (Å²) in [4.78, 5) is 9.35. The van der Waals surface area contributed by atoms with Crippen LogP contribution in [0.4, 0.5) is 16.0 Å². The number of aromatic nitrogens is 5. The summed E-state index contributed by atoms with van der Waals surface area (Å²) in [5.41, 5.74) is 5.25. The second kappa shape index (κ2) is 8.25. The van der Waals surface area contributed by atoms with Crippen molar-refractivity contribution in [3.05, 3.63) is 72.4 Å². The first-order chi connectivity index (χ1) is 16.3. The number of anilines is 2. The standard InChI is InChI=1S/C24H20FN7S/c25-19-14-28-24(27-9-11-32-12-10-29-31-32)30-22(19)21-13-15-3-1-5-18(23(15)33-21)16-4-2-6-20-17(16)7-8-26-20/h1-6,10,12-14,26H,7-9,11H2,(H,27,28,30). The van der Waals surface area contributed by atoms with Crippen LogP contribution in [0.3, 0.4) is 0 Å². The van der Waals surface area contributed by atoms with Gasteiger partial charge in [-0.2, -0.15) is 0 Å². The molecule has 0 radical (unpaired) electrons. The highest BCUT2D eigenvalue weighted by Gasteiger charge is 2.19. The Balaban J connectivity index is 1.35. The Morgan fingerprint density at radius 1 is 1.15 bits per heavy atom. The molecule has 0 unspecified atom stereocenters. The zero-order chi connectivity index (χ0) is 22.2. The topological polar surface area (TPSA) is 80.6 Å². The molecule has 1 aliphatic heterocycles. The van der Waals surface area contributed by atoms with Crippen molar-refractivity contribution in [3.63, 3.8) is 0 Å². The van der Waals surface area contributed by atoms with E-state index in [1.54, 1.807) is 28.4 Å². The SMILES string of the molecule is Fc1cnc(NCCn2ccnn2)nc1-c1cc2cccc(-c3cccc4c3CCN4)c2s1. The summed E-state index contributed by atoms with van der Waals surface area (Å²) < 4.78 is 17.6. The molecule has 2 N–H and O–H groups in total. The van der Waals surface area contributed by atoms with Gasteiger partial charge < -0.3 is 10.6 Å². The Morgan fingerprint density at radius 2 is 2.06 bits per heavy atom. The number of halogens is 1. The molecule has 0 spiro atoms. The average molecular weight is 458 g/mol. The molecule has 9 heteroatoms. The summed E-state index contributed by atoms with van der Waals surface area (Å²) in [7, 11) is 0. The van der Waals surface area contributed by atoms with E-state index in [0.29, 0.717) is 24.7 Å². The van der Waals surface area contributed by atoms with Crippen LogP contribution < -0.4 is 10.6 Å². The molecule has 0 saturated carbocycles. The van der Waals surface area contributed by atoms with Gasteiger partial charge in [-0.15, -0.1) is 16.4 Å².